The second kappa shape index (κ2) is 9.20. The third-order valence-corrected chi connectivity index (χ3v) is 7.75. The minimum Gasteiger partial charge on any atom is -0.460 e. The maximum absolute atomic E-state index is 13.2. The van der Waals surface area contributed by atoms with Crippen LogP contribution in [0.1, 0.15) is 31.2 Å². The summed E-state index contributed by atoms with van der Waals surface area (Å²) in [7, 11) is -3.81. The van der Waals surface area contributed by atoms with E-state index in [2.05, 4.69) is 4.90 Å². The van der Waals surface area contributed by atoms with Gasteiger partial charge in [0.2, 0.25) is 10.0 Å². The molecular formula is C23H26N2O5S. The largest absolute Gasteiger partial charge is 0.460 e. The molecule has 0 amide bonds. The number of piperidine rings is 1. The van der Waals surface area contributed by atoms with Crippen LogP contribution < -0.4 is 4.90 Å². The molecule has 164 valence electrons. The van der Waals surface area contributed by atoms with Gasteiger partial charge in [-0.2, -0.15) is 4.31 Å². The van der Waals surface area contributed by atoms with Crippen molar-refractivity contribution >= 4 is 27.5 Å². The van der Waals surface area contributed by atoms with Gasteiger partial charge >= 0.3 is 5.97 Å². The highest BCUT2D eigenvalue weighted by molar-refractivity contribution is 7.89. The fraction of sp³-hybridized carbons (Fsp3) is 0.391. The fourth-order valence-electron chi connectivity index (χ4n) is 4.07. The molecule has 4 rings (SSSR count). The zero-order valence-corrected chi connectivity index (χ0v) is 18.1. The number of anilines is 1. The first-order chi connectivity index (χ1) is 14.9. The summed E-state index contributed by atoms with van der Waals surface area (Å²) in [5.74, 6) is -0.255. The molecule has 0 radical (unpaired) electrons. The molecule has 2 aromatic rings. The van der Waals surface area contributed by atoms with Crippen LogP contribution in [-0.2, 0) is 31.0 Å². The predicted molar refractivity (Wildman–Crippen MR) is 116 cm³/mol. The zero-order chi connectivity index (χ0) is 21.8. The fourth-order valence-corrected chi connectivity index (χ4v) is 5.71. The number of hydrogen-bond donors (Lipinski definition) is 0. The molecule has 0 aliphatic carbocycles. The van der Waals surface area contributed by atoms with Crippen molar-refractivity contribution in [2.24, 2.45) is 0 Å². The van der Waals surface area contributed by atoms with Crippen molar-refractivity contribution in [1.82, 2.24) is 4.31 Å². The average molecular weight is 443 g/mol. The van der Waals surface area contributed by atoms with Gasteiger partial charge in [-0.15, -0.1) is 0 Å². The number of ketones is 1. The van der Waals surface area contributed by atoms with Crippen LogP contribution in [0.25, 0.3) is 0 Å². The SMILES string of the molecule is O=C1CCN(c2ccc(S(=O)(=O)N3CCC[C@H]3C(=O)OCc3ccccc3)cc2)CC1. The number of ether oxygens (including phenoxy) is 1. The van der Waals surface area contributed by atoms with E-state index in [4.69, 9.17) is 4.74 Å². The van der Waals surface area contributed by atoms with Crippen molar-refractivity contribution < 1.29 is 22.7 Å². The number of hydrogen-bond acceptors (Lipinski definition) is 6. The van der Waals surface area contributed by atoms with Crippen molar-refractivity contribution in [3.63, 3.8) is 0 Å². The predicted octanol–water partition coefficient (Wildman–Crippen LogP) is 2.75. The molecule has 2 fully saturated rings. The summed E-state index contributed by atoms with van der Waals surface area (Å²) in [4.78, 5) is 26.3. The summed E-state index contributed by atoms with van der Waals surface area (Å²) in [5, 5.41) is 0. The maximum atomic E-state index is 13.2. The summed E-state index contributed by atoms with van der Waals surface area (Å²) in [6, 6.07) is 15.2. The number of nitrogens with zero attached hydrogens (tertiary/aromatic N) is 2. The molecule has 1 atom stereocenters. The lowest BCUT2D eigenvalue weighted by Gasteiger charge is -2.28. The van der Waals surface area contributed by atoms with Crippen LogP contribution in [0.4, 0.5) is 5.69 Å². The minimum absolute atomic E-state index is 0.122. The van der Waals surface area contributed by atoms with Crippen LogP contribution in [0, 0.1) is 0 Å². The van der Waals surface area contributed by atoms with Crippen LogP contribution in [-0.4, -0.2) is 50.2 Å². The molecule has 0 unspecified atom stereocenters. The number of benzene rings is 2. The molecule has 0 N–H and O–H groups in total. The third kappa shape index (κ3) is 4.80. The number of rotatable bonds is 6. The second-order valence-corrected chi connectivity index (χ2v) is 9.78. The van der Waals surface area contributed by atoms with Crippen molar-refractivity contribution in [2.75, 3.05) is 24.5 Å². The first kappa shape index (κ1) is 21.5. The molecule has 2 aliphatic rings. The molecule has 2 aromatic carbocycles. The summed E-state index contributed by atoms with van der Waals surface area (Å²) in [6.45, 7) is 1.71. The van der Waals surface area contributed by atoms with Gasteiger partial charge < -0.3 is 9.64 Å². The van der Waals surface area contributed by atoms with Gasteiger partial charge in [-0.25, -0.2) is 8.42 Å². The van der Waals surface area contributed by atoms with Crippen molar-refractivity contribution in [1.29, 1.82) is 0 Å². The summed E-state index contributed by atoms with van der Waals surface area (Å²) < 4.78 is 33.1. The summed E-state index contributed by atoms with van der Waals surface area (Å²) >= 11 is 0. The van der Waals surface area contributed by atoms with Crippen LogP contribution >= 0.6 is 0 Å². The molecule has 0 spiro atoms. The number of Topliss-reactive ketones (excluding diaryl/α,β-unsaturated/α-hetero) is 1. The van der Waals surface area contributed by atoms with Crippen molar-refractivity contribution in [3.8, 4) is 0 Å². The molecule has 0 aromatic heterocycles. The molecule has 0 bridgehead atoms. The van der Waals surface area contributed by atoms with Crippen LogP contribution in [0.15, 0.2) is 59.5 Å². The lowest BCUT2D eigenvalue weighted by Crippen LogP contribution is -2.41. The first-order valence-electron chi connectivity index (χ1n) is 10.5. The number of sulfonamides is 1. The minimum atomic E-state index is -3.81. The zero-order valence-electron chi connectivity index (χ0n) is 17.3. The Morgan fingerprint density at radius 2 is 1.65 bits per heavy atom. The monoisotopic (exact) mass is 442 g/mol. The van der Waals surface area contributed by atoms with Gasteiger partial charge in [-0.05, 0) is 42.7 Å². The van der Waals surface area contributed by atoms with E-state index in [0.717, 1.165) is 11.3 Å². The van der Waals surface area contributed by atoms with Crippen molar-refractivity contribution in [3.05, 3.63) is 60.2 Å². The molecule has 8 heteroatoms. The van der Waals surface area contributed by atoms with E-state index in [1.54, 1.807) is 24.3 Å². The maximum Gasteiger partial charge on any atom is 0.324 e. The third-order valence-electron chi connectivity index (χ3n) is 5.83. The van der Waals surface area contributed by atoms with E-state index < -0.39 is 22.0 Å². The van der Waals surface area contributed by atoms with Gasteiger partial charge in [-0.1, -0.05) is 30.3 Å². The van der Waals surface area contributed by atoms with Gasteiger partial charge in [0.1, 0.15) is 18.4 Å². The first-order valence-corrected chi connectivity index (χ1v) is 12.0. The molecular weight excluding hydrogens is 416 g/mol. The molecule has 31 heavy (non-hydrogen) atoms. The van der Waals surface area contributed by atoms with Crippen molar-refractivity contribution in [2.45, 2.75) is 43.2 Å². The highest BCUT2D eigenvalue weighted by atomic mass is 32.2. The van der Waals surface area contributed by atoms with Gasteiger partial charge in [0, 0.05) is 38.2 Å². The molecule has 2 saturated heterocycles. The number of carbonyl (C=O) groups excluding carboxylic acids is 2. The average Bonchev–Trinajstić information content (AvgIpc) is 3.30. The number of esters is 1. The Balaban J connectivity index is 1.44. The normalized spacial score (nSPS) is 20.1. The Morgan fingerprint density at radius 1 is 0.968 bits per heavy atom. The summed E-state index contributed by atoms with van der Waals surface area (Å²) in [5.41, 5.74) is 1.75. The summed E-state index contributed by atoms with van der Waals surface area (Å²) in [6.07, 6.45) is 2.10. The quantitative estimate of drug-likeness (QED) is 0.640. The standard InChI is InChI=1S/C23H26N2O5S/c26-20-12-15-24(16-13-20)19-8-10-21(11-9-19)31(28,29)25-14-4-7-22(25)23(27)30-17-18-5-2-1-3-6-18/h1-3,5-6,8-11,22H,4,7,12-17H2/t22-/m0/s1. The van der Waals surface area contributed by atoms with E-state index in [9.17, 15) is 18.0 Å². The lowest BCUT2D eigenvalue weighted by molar-refractivity contribution is -0.148. The number of carbonyl (C=O) groups is 2. The van der Waals surface area contributed by atoms with E-state index in [0.29, 0.717) is 45.3 Å². The Kier molecular flexibility index (Phi) is 6.38. The van der Waals surface area contributed by atoms with E-state index in [1.165, 1.54) is 4.31 Å². The molecule has 7 nitrogen and oxygen atoms in total. The Labute approximate surface area is 182 Å². The van der Waals surface area contributed by atoms with E-state index >= 15 is 0 Å². The van der Waals surface area contributed by atoms with Crippen LogP contribution in [0.2, 0.25) is 0 Å². The Bertz CT molecular complexity index is 1030. The smallest absolute Gasteiger partial charge is 0.324 e. The Morgan fingerprint density at radius 3 is 2.32 bits per heavy atom. The lowest BCUT2D eigenvalue weighted by atomic mass is 10.1. The van der Waals surface area contributed by atoms with Gasteiger partial charge in [0.15, 0.2) is 0 Å². The molecule has 2 heterocycles. The Hall–Kier alpha value is -2.71. The highest BCUT2D eigenvalue weighted by Gasteiger charge is 2.40. The molecule has 0 saturated carbocycles. The second-order valence-electron chi connectivity index (χ2n) is 7.89. The van der Waals surface area contributed by atoms with Crippen LogP contribution in [0.3, 0.4) is 0 Å². The highest BCUT2D eigenvalue weighted by Crippen LogP contribution is 2.29. The van der Waals surface area contributed by atoms with Gasteiger partial charge in [0.25, 0.3) is 0 Å². The van der Waals surface area contributed by atoms with Gasteiger partial charge in [-0.3, -0.25) is 9.59 Å². The molecule has 2 aliphatic heterocycles. The van der Waals surface area contributed by atoms with Crippen LogP contribution in [0.5, 0.6) is 0 Å². The van der Waals surface area contributed by atoms with E-state index in [-0.39, 0.29) is 17.3 Å². The van der Waals surface area contributed by atoms with E-state index in [1.807, 2.05) is 30.3 Å². The van der Waals surface area contributed by atoms with Gasteiger partial charge in [0.05, 0.1) is 4.90 Å². The topological polar surface area (TPSA) is 84.0 Å².